The van der Waals surface area contributed by atoms with Gasteiger partial charge in [0, 0.05) is 12.8 Å². The molecule has 9 heavy (non-hydrogen) atoms. The fourth-order valence-corrected chi connectivity index (χ4v) is 2.71. The normalized spacial score (nSPS) is 18.8. The molecule has 0 aliphatic carbocycles. The zero-order valence-corrected chi connectivity index (χ0v) is 7.62. The average Bonchev–Trinajstić information content (AvgIpc) is 1.63. The van der Waals surface area contributed by atoms with E-state index in [-0.39, 0.29) is 0 Å². The maximum absolute atomic E-state index is 11.0. The summed E-state index contributed by atoms with van der Waals surface area (Å²) in [7, 11) is -4.22. The third-order valence-electron chi connectivity index (χ3n) is 0.862. The van der Waals surface area contributed by atoms with Gasteiger partial charge in [-0.2, -0.15) is 0 Å². The van der Waals surface area contributed by atoms with Crippen LogP contribution in [0, 0.1) is 0 Å². The van der Waals surface area contributed by atoms with Crippen molar-refractivity contribution in [1.29, 1.82) is 0 Å². The summed E-state index contributed by atoms with van der Waals surface area (Å²) in [6.45, 7) is 4.64. The zero-order chi connectivity index (χ0) is 7.49. The van der Waals surface area contributed by atoms with Crippen LogP contribution in [-0.4, -0.2) is 19.5 Å². The van der Waals surface area contributed by atoms with Crippen molar-refractivity contribution in [2.75, 3.05) is 19.5 Å². The lowest BCUT2D eigenvalue weighted by atomic mass is 11.0. The Morgan fingerprint density at radius 1 is 1.67 bits per heavy atom. The summed E-state index contributed by atoms with van der Waals surface area (Å²) < 4.78 is 26.0. The van der Waals surface area contributed by atoms with E-state index in [2.05, 4.69) is 4.31 Å². The molecule has 0 amide bonds. The predicted molar refractivity (Wildman–Crippen MR) is 38.7 cm³/mol. The first kappa shape index (κ1) is 9.29. The maximum Gasteiger partial charge on any atom is 0.511 e. The molecule has 0 heterocycles. The Bertz CT molecular complexity index is 154. The largest absolute Gasteiger partial charge is 0.511 e. The first-order chi connectivity index (χ1) is 3.98. The van der Waals surface area contributed by atoms with Gasteiger partial charge in [0.05, 0.1) is 0 Å². The van der Waals surface area contributed by atoms with Gasteiger partial charge in [-0.15, -0.1) is 0 Å². The number of hydrogen-bond donors (Lipinski definition) is 0. The molecule has 0 spiro atoms. The van der Waals surface area contributed by atoms with Crippen molar-refractivity contribution in [1.82, 2.24) is 0 Å². The van der Waals surface area contributed by atoms with E-state index >= 15 is 0 Å². The van der Waals surface area contributed by atoms with Crippen molar-refractivity contribution in [2.45, 2.75) is 6.92 Å². The van der Waals surface area contributed by atoms with Crippen LogP contribution < -0.4 is 0 Å². The molecule has 0 aromatic carbocycles. The second kappa shape index (κ2) is 3.46. The van der Waals surface area contributed by atoms with Gasteiger partial charge in [-0.3, -0.25) is 4.57 Å². The third kappa shape index (κ3) is 4.77. The van der Waals surface area contributed by atoms with Gasteiger partial charge >= 0.3 is 8.03 Å². The topological polar surface area (TPSA) is 43.4 Å². The van der Waals surface area contributed by atoms with Gasteiger partial charge in [0.15, 0.2) is 6.66 Å². The van der Waals surface area contributed by atoms with Gasteiger partial charge in [0.1, 0.15) is 0 Å². The molecule has 0 aromatic heterocycles. The van der Waals surface area contributed by atoms with E-state index < -0.39 is 15.4 Å². The third-order valence-corrected chi connectivity index (χ3v) is 4.31. The van der Waals surface area contributed by atoms with Crippen molar-refractivity contribution < 1.29 is 13.4 Å². The summed E-state index contributed by atoms with van der Waals surface area (Å²) in [5.41, 5.74) is 0. The SMILES string of the molecule is CCP(C)(=O)O[P+](C)=O. The van der Waals surface area contributed by atoms with Crippen LogP contribution in [0.2, 0.25) is 0 Å². The van der Waals surface area contributed by atoms with Crippen molar-refractivity contribution >= 4 is 15.4 Å². The fraction of sp³-hybridized carbons (Fsp3) is 1.00. The Morgan fingerprint density at radius 2 is 2.11 bits per heavy atom. The van der Waals surface area contributed by atoms with Gasteiger partial charge in [0.2, 0.25) is 0 Å². The molecule has 0 aromatic rings. The molecule has 0 saturated heterocycles. The number of rotatable bonds is 3. The Balaban J connectivity index is 3.88. The zero-order valence-electron chi connectivity index (χ0n) is 5.83. The smallest absolute Gasteiger partial charge is 0.288 e. The first-order valence-electron chi connectivity index (χ1n) is 2.65. The molecule has 0 aliphatic heterocycles. The summed E-state index contributed by atoms with van der Waals surface area (Å²) in [6.07, 6.45) is 0.446. The van der Waals surface area contributed by atoms with E-state index in [1.54, 1.807) is 6.92 Å². The van der Waals surface area contributed by atoms with Crippen molar-refractivity contribution in [3.05, 3.63) is 0 Å². The Hall–Kier alpha value is 0.290. The van der Waals surface area contributed by atoms with E-state index in [0.29, 0.717) is 6.16 Å². The molecule has 0 N–H and O–H groups in total. The van der Waals surface area contributed by atoms with E-state index in [0.717, 1.165) is 0 Å². The Labute approximate surface area is 56.1 Å². The van der Waals surface area contributed by atoms with Crippen LogP contribution in [-0.2, 0) is 13.4 Å². The summed E-state index contributed by atoms with van der Waals surface area (Å²) >= 11 is 0. The lowest BCUT2D eigenvalue weighted by molar-refractivity contribution is 0.480. The predicted octanol–water partition coefficient (Wildman–Crippen LogP) is 2.30. The van der Waals surface area contributed by atoms with Crippen LogP contribution in [0.4, 0.5) is 0 Å². The minimum absolute atomic E-state index is 0.446. The molecular weight excluding hydrogens is 158 g/mol. The van der Waals surface area contributed by atoms with Crippen LogP contribution in [0.5, 0.6) is 0 Å². The van der Waals surface area contributed by atoms with Gasteiger partial charge in [-0.1, -0.05) is 11.2 Å². The minimum atomic E-state index is -2.51. The van der Waals surface area contributed by atoms with E-state index in [9.17, 15) is 9.13 Å². The lowest BCUT2D eigenvalue weighted by Gasteiger charge is -1.97. The molecule has 5 heteroatoms. The first-order valence-corrected chi connectivity index (χ1v) is 6.53. The van der Waals surface area contributed by atoms with Crippen molar-refractivity contribution in [3.8, 4) is 0 Å². The molecule has 54 valence electrons. The summed E-state index contributed by atoms with van der Waals surface area (Å²) in [5, 5.41) is 0. The number of hydrogen-bond acceptors (Lipinski definition) is 3. The van der Waals surface area contributed by atoms with Crippen LogP contribution in [0.3, 0.4) is 0 Å². The highest BCUT2D eigenvalue weighted by Gasteiger charge is 2.23. The molecule has 0 saturated carbocycles. The average molecular weight is 169 g/mol. The van der Waals surface area contributed by atoms with Crippen LogP contribution in [0.25, 0.3) is 0 Å². The quantitative estimate of drug-likeness (QED) is 0.608. The van der Waals surface area contributed by atoms with Gasteiger partial charge in [-0.05, 0) is 4.57 Å². The highest BCUT2D eigenvalue weighted by Crippen LogP contribution is 2.49. The van der Waals surface area contributed by atoms with Crippen molar-refractivity contribution in [3.63, 3.8) is 0 Å². The molecule has 3 nitrogen and oxygen atoms in total. The van der Waals surface area contributed by atoms with E-state index in [1.165, 1.54) is 13.3 Å². The Morgan fingerprint density at radius 3 is 2.22 bits per heavy atom. The fourth-order valence-electron chi connectivity index (χ4n) is 0.301. The van der Waals surface area contributed by atoms with Crippen molar-refractivity contribution in [2.24, 2.45) is 0 Å². The summed E-state index contributed by atoms with van der Waals surface area (Å²) in [5.74, 6) is 0. The van der Waals surface area contributed by atoms with Gasteiger partial charge < -0.3 is 0 Å². The van der Waals surface area contributed by atoms with E-state index in [1.807, 2.05) is 0 Å². The molecule has 0 rings (SSSR count). The molecule has 2 unspecified atom stereocenters. The summed E-state index contributed by atoms with van der Waals surface area (Å²) in [6, 6.07) is 0. The van der Waals surface area contributed by atoms with Crippen LogP contribution in [0.15, 0.2) is 0 Å². The Kier molecular flexibility index (Phi) is 3.57. The highest BCUT2D eigenvalue weighted by atomic mass is 31.2. The monoisotopic (exact) mass is 169 g/mol. The van der Waals surface area contributed by atoms with Crippen LogP contribution in [0.1, 0.15) is 6.92 Å². The molecule has 0 bridgehead atoms. The molecule has 0 fully saturated rings. The second-order valence-electron chi connectivity index (χ2n) is 1.85. The lowest BCUT2D eigenvalue weighted by Crippen LogP contribution is -1.81. The highest BCUT2D eigenvalue weighted by molar-refractivity contribution is 7.64. The van der Waals surface area contributed by atoms with Gasteiger partial charge in [0.25, 0.3) is 7.37 Å². The molecule has 2 atom stereocenters. The molecule has 0 aliphatic rings. The molecular formula is C4H11O3P2+. The second-order valence-corrected chi connectivity index (χ2v) is 6.04. The minimum Gasteiger partial charge on any atom is -0.288 e. The van der Waals surface area contributed by atoms with Crippen LogP contribution >= 0.6 is 15.4 Å². The van der Waals surface area contributed by atoms with E-state index in [4.69, 9.17) is 0 Å². The van der Waals surface area contributed by atoms with Gasteiger partial charge in [-0.25, -0.2) is 0 Å². The maximum atomic E-state index is 11.0. The summed E-state index contributed by atoms with van der Waals surface area (Å²) in [4.78, 5) is 0. The molecule has 0 radical (unpaired) electrons. The standard InChI is InChI=1S/C4H11O3P2/c1-4-9(3,6)7-8(2)5/h4H2,1-3H3/q+1.